The molecule has 1 fully saturated rings. The lowest BCUT2D eigenvalue weighted by molar-refractivity contribution is -0.121. The number of fused-ring (bicyclic) bond motifs is 1. The molecule has 0 saturated carbocycles. The van der Waals surface area contributed by atoms with E-state index in [-0.39, 0.29) is 17.7 Å². The fourth-order valence-corrected chi connectivity index (χ4v) is 5.29. The summed E-state index contributed by atoms with van der Waals surface area (Å²) in [4.78, 5) is 33.6. The number of nitrogens with zero attached hydrogens (tertiary/aromatic N) is 2. The second-order valence-electron chi connectivity index (χ2n) is 6.65. The molecule has 1 N–H and O–H groups in total. The highest BCUT2D eigenvalue weighted by Gasteiger charge is 2.30. The maximum atomic E-state index is 12.7. The molecule has 0 radical (unpaired) electrons. The van der Waals surface area contributed by atoms with Crippen LogP contribution in [0.15, 0.2) is 17.5 Å². The van der Waals surface area contributed by atoms with Crippen LogP contribution in [-0.4, -0.2) is 34.8 Å². The average Bonchev–Trinajstić information content (AvgIpc) is 3.30. The van der Waals surface area contributed by atoms with Crippen LogP contribution in [-0.2, 0) is 17.6 Å². The Hall–Kier alpha value is -1.73. The Bertz CT molecular complexity index is 746. The Kier molecular flexibility index (Phi) is 4.85. The number of aryl methyl sites for hydroxylation is 2. The molecular weight excluding hydrogens is 354 g/mol. The van der Waals surface area contributed by atoms with E-state index in [1.807, 2.05) is 22.4 Å². The van der Waals surface area contributed by atoms with Crippen LogP contribution < -0.4 is 5.32 Å². The fourth-order valence-electron chi connectivity index (χ4n) is 3.54. The molecule has 2 amide bonds. The third-order valence-electron chi connectivity index (χ3n) is 4.89. The number of rotatable bonds is 3. The monoisotopic (exact) mass is 375 g/mol. The zero-order chi connectivity index (χ0) is 17.2. The van der Waals surface area contributed by atoms with Crippen molar-refractivity contribution in [2.45, 2.75) is 38.5 Å². The van der Waals surface area contributed by atoms with Gasteiger partial charge in [-0.15, -0.1) is 22.7 Å². The highest BCUT2D eigenvalue weighted by molar-refractivity contribution is 7.15. The Morgan fingerprint density at radius 2 is 2.12 bits per heavy atom. The van der Waals surface area contributed by atoms with Gasteiger partial charge < -0.3 is 10.2 Å². The number of nitrogens with one attached hydrogen (secondary N) is 1. The number of hydrogen-bond donors (Lipinski definition) is 1. The van der Waals surface area contributed by atoms with Gasteiger partial charge in [0, 0.05) is 18.0 Å². The number of amides is 2. The third-order valence-corrected chi connectivity index (χ3v) is 6.82. The van der Waals surface area contributed by atoms with Gasteiger partial charge in [-0.2, -0.15) is 0 Å². The van der Waals surface area contributed by atoms with E-state index in [0.29, 0.717) is 6.54 Å². The van der Waals surface area contributed by atoms with Crippen LogP contribution in [0.2, 0.25) is 0 Å². The predicted octanol–water partition coefficient (Wildman–Crippen LogP) is 3.57. The summed E-state index contributed by atoms with van der Waals surface area (Å²) in [7, 11) is 0. The molecule has 3 heterocycles. The number of hydrogen-bond acceptors (Lipinski definition) is 5. The van der Waals surface area contributed by atoms with Gasteiger partial charge in [0.15, 0.2) is 5.13 Å². The number of carbonyl (C=O) groups is 2. The minimum Gasteiger partial charge on any atom is -0.337 e. The summed E-state index contributed by atoms with van der Waals surface area (Å²) in [6.07, 6.45) is 6.19. The molecule has 2 aromatic heterocycles. The number of anilines is 1. The van der Waals surface area contributed by atoms with E-state index < -0.39 is 0 Å². The van der Waals surface area contributed by atoms with Gasteiger partial charge in [-0.05, 0) is 50.0 Å². The van der Waals surface area contributed by atoms with Crippen molar-refractivity contribution in [1.82, 2.24) is 9.88 Å². The van der Waals surface area contributed by atoms with Gasteiger partial charge in [0.05, 0.1) is 16.5 Å². The first kappa shape index (κ1) is 16.7. The molecule has 7 heteroatoms. The largest absolute Gasteiger partial charge is 0.337 e. The molecule has 1 atom stereocenters. The van der Waals surface area contributed by atoms with Crippen molar-refractivity contribution in [3.8, 4) is 0 Å². The topological polar surface area (TPSA) is 62.3 Å². The van der Waals surface area contributed by atoms with E-state index in [2.05, 4.69) is 10.3 Å². The molecule has 0 spiro atoms. The average molecular weight is 376 g/mol. The summed E-state index contributed by atoms with van der Waals surface area (Å²) in [6.45, 7) is 1.22. The smallest absolute Gasteiger partial charge is 0.263 e. The van der Waals surface area contributed by atoms with Crippen LogP contribution in [0.25, 0.3) is 0 Å². The Morgan fingerprint density at radius 3 is 2.92 bits per heavy atom. The van der Waals surface area contributed by atoms with E-state index in [4.69, 9.17) is 0 Å². The zero-order valence-electron chi connectivity index (χ0n) is 14.0. The van der Waals surface area contributed by atoms with E-state index in [1.165, 1.54) is 29.1 Å². The molecule has 25 heavy (non-hydrogen) atoms. The van der Waals surface area contributed by atoms with Crippen LogP contribution in [0.3, 0.4) is 0 Å². The number of piperidine rings is 1. The molecule has 0 bridgehead atoms. The van der Waals surface area contributed by atoms with Crippen LogP contribution >= 0.6 is 22.7 Å². The van der Waals surface area contributed by atoms with Gasteiger partial charge in [0.1, 0.15) is 0 Å². The minimum atomic E-state index is -0.154. The second kappa shape index (κ2) is 7.25. The highest BCUT2D eigenvalue weighted by atomic mass is 32.1. The molecule has 2 aliphatic rings. The lowest BCUT2D eigenvalue weighted by Gasteiger charge is -2.31. The number of aromatic nitrogens is 1. The molecule has 0 unspecified atom stereocenters. The number of thiophene rings is 1. The lowest BCUT2D eigenvalue weighted by atomic mass is 9.97. The molecule has 1 aliphatic carbocycles. The van der Waals surface area contributed by atoms with Gasteiger partial charge in [0.25, 0.3) is 5.91 Å². The first-order chi connectivity index (χ1) is 12.2. The summed E-state index contributed by atoms with van der Waals surface area (Å²) in [5, 5.41) is 5.63. The molecule has 4 rings (SSSR count). The molecule has 2 aromatic rings. The third kappa shape index (κ3) is 3.62. The highest BCUT2D eigenvalue weighted by Crippen LogP contribution is 2.30. The second-order valence-corrected chi connectivity index (χ2v) is 8.68. The normalized spacial score (nSPS) is 20.2. The maximum absolute atomic E-state index is 12.7. The van der Waals surface area contributed by atoms with Crippen molar-refractivity contribution in [3.05, 3.63) is 33.0 Å². The SMILES string of the molecule is O=C(Nc1nc2c(s1)CCCC2)[C@H]1CCCN(C(=O)c2cccs2)C1. The van der Waals surface area contributed by atoms with Crippen molar-refractivity contribution in [2.75, 3.05) is 18.4 Å². The first-order valence-electron chi connectivity index (χ1n) is 8.83. The van der Waals surface area contributed by atoms with Gasteiger partial charge in [-0.25, -0.2) is 4.98 Å². The summed E-state index contributed by atoms with van der Waals surface area (Å²) in [5.74, 6) is -0.120. The number of thiazole rings is 1. The molecule has 132 valence electrons. The van der Waals surface area contributed by atoms with Crippen molar-refractivity contribution in [3.63, 3.8) is 0 Å². The molecule has 1 aliphatic heterocycles. The van der Waals surface area contributed by atoms with Crippen molar-refractivity contribution >= 4 is 39.6 Å². The zero-order valence-corrected chi connectivity index (χ0v) is 15.6. The predicted molar refractivity (Wildman–Crippen MR) is 100 cm³/mol. The van der Waals surface area contributed by atoms with E-state index in [1.54, 1.807) is 11.3 Å². The Balaban J connectivity index is 1.40. The van der Waals surface area contributed by atoms with Crippen molar-refractivity contribution in [1.29, 1.82) is 0 Å². The first-order valence-corrected chi connectivity index (χ1v) is 10.5. The van der Waals surface area contributed by atoms with Crippen molar-refractivity contribution in [2.24, 2.45) is 5.92 Å². The van der Waals surface area contributed by atoms with Gasteiger partial charge in [-0.3, -0.25) is 9.59 Å². The van der Waals surface area contributed by atoms with Crippen LogP contribution in [0.5, 0.6) is 0 Å². The summed E-state index contributed by atoms with van der Waals surface area (Å²) >= 11 is 3.06. The van der Waals surface area contributed by atoms with Gasteiger partial charge in [-0.1, -0.05) is 6.07 Å². The molecule has 1 saturated heterocycles. The summed E-state index contributed by atoms with van der Waals surface area (Å²) in [5.41, 5.74) is 1.16. The molecular formula is C18H21N3O2S2. The maximum Gasteiger partial charge on any atom is 0.263 e. The van der Waals surface area contributed by atoms with Crippen molar-refractivity contribution < 1.29 is 9.59 Å². The Labute approximate surface area is 155 Å². The Morgan fingerprint density at radius 1 is 1.24 bits per heavy atom. The fraction of sp³-hybridized carbons (Fsp3) is 0.500. The van der Waals surface area contributed by atoms with E-state index >= 15 is 0 Å². The lowest BCUT2D eigenvalue weighted by Crippen LogP contribution is -2.43. The summed E-state index contributed by atoms with van der Waals surface area (Å²) in [6, 6.07) is 3.73. The van der Waals surface area contributed by atoms with Gasteiger partial charge >= 0.3 is 0 Å². The summed E-state index contributed by atoms with van der Waals surface area (Å²) < 4.78 is 0. The molecule has 0 aromatic carbocycles. The van der Waals surface area contributed by atoms with E-state index in [0.717, 1.165) is 47.9 Å². The molecule has 5 nitrogen and oxygen atoms in total. The number of likely N-dealkylation sites (tertiary alicyclic amines) is 1. The van der Waals surface area contributed by atoms with E-state index in [9.17, 15) is 9.59 Å². The van der Waals surface area contributed by atoms with Crippen LogP contribution in [0.1, 0.15) is 45.9 Å². The standard InChI is InChI=1S/C18H21N3O2S2/c22-16(20-18-19-13-6-1-2-7-14(13)25-18)12-5-3-9-21(11-12)17(23)15-8-4-10-24-15/h4,8,10,12H,1-3,5-7,9,11H2,(H,19,20,22)/t12-/m0/s1. The van der Waals surface area contributed by atoms with Crippen LogP contribution in [0.4, 0.5) is 5.13 Å². The number of carbonyl (C=O) groups excluding carboxylic acids is 2. The minimum absolute atomic E-state index is 0.00484. The van der Waals surface area contributed by atoms with Gasteiger partial charge in [0.2, 0.25) is 5.91 Å². The van der Waals surface area contributed by atoms with Crippen LogP contribution in [0, 0.1) is 5.92 Å². The quantitative estimate of drug-likeness (QED) is 0.892.